The summed E-state index contributed by atoms with van der Waals surface area (Å²) in [5.74, 6) is -1.23. The van der Waals surface area contributed by atoms with Crippen molar-refractivity contribution in [3.8, 4) is 0 Å². The van der Waals surface area contributed by atoms with Crippen LogP contribution >= 0.6 is 0 Å². The topological polar surface area (TPSA) is 121 Å². The molecule has 3 amide bonds. The molecule has 0 saturated carbocycles. The largest absolute Gasteiger partial charge is 0.477 e. The van der Waals surface area contributed by atoms with E-state index in [0.717, 1.165) is 5.56 Å². The number of aliphatic hydroxyl groups is 1. The molecule has 3 atom stereocenters. The average molecular weight is 549 g/mol. The fourth-order valence-electron chi connectivity index (χ4n) is 4.92. The van der Waals surface area contributed by atoms with E-state index < -0.39 is 24.1 Å². The standard InChI is InChI=1S/C30H36N4O6/c1-20(2)27-30(38)33(24(22-12-8-5-9-13-22)17-34(27)26(36)19-39-3)18-25(35)32-23(16-21-10-6-4-7-11-21)28(37)29-31-14-15-40-29/h4-13,17,20,23,27-28,37H,14-16,18-19H2,1-3H3,(H,32,35). The first kappa shape index (κ1) is 29.0. The van der Waals surface area contributed by atoms with E-state index in [1.807, 2.05) is 74.5 Å². The zero-order valence-corrected chi connectivity index (χ0v) is 23.0. The number of hydrogen-bond acceptors (Lipinski definition) is 7. The minimum atomic E-state index is -1.15. The number of benzene rings is 2. The second-order valence-corrected chi connectivity index (χ2v) is 10.1. The highest BCUT2D eigenvalue weighted by molar-refractivity contribution is 6.00. The van der Waals surface area contributed by atoms with Gasteiger partial charge in [-0.05, 0) is 23.5 Å². The summed E-state index contributed by atoms with van der Waals surface area (Å²) < 4.78 is 10.5. The van der Waals surface area contributed by atoms with Crippen molar-refractivity contribution in [1.29, 1.82) is 0 Å². The van der Waals surface area contributed by atoms with Crippen molar-refractivity contribution >= 4 is 29.3 Å². The van der Waals surface area contributed by atoms with E-state index >= 15 is 0 Å². The van der Waals surface area contributed by atoms with Crippen molar-refractivity contribution in [3.05, 3.63) is 78.0 Å². The van der Waals surface area contributed by atoms with Gasteiger partial charge >= 0.3 is 0 Å². The zero-order chi connectivity index (χ0) is 28.6. The Morgan fingerprint density at radius 1 is 1.12 bits per heavy atom. The maximum Gasteiger partial charge on any atom is 0.253 e. The molecule has 2 aliphatic rings. The third-order valence-electron chi connectivity index (χ3n) is 6.82. The van der Waals surface area contributed by atoms with Gasteiger partial charge in [-0.15, -0.1) is 0 Å². The van der Waals surface area contributed by atoms with Gasteiger partial charge in [-0.25, -0.2) is 4.99 Å². The van der Waals surface area contributed by atoms with Crippen LogP contribution in [0.1, 0.15) is 25.0 Å². The zero-order valence-electron chi connectivity index (χ0n) is 23.0. The predicted octanol–water partition coefficient (Wildman–Crippen LogP) is 1.84. The van der Waals surface area contributed by atoms with Gasteiger partial charge in [0.1, 0.15) is 31.9 Å². The highest BCUT2D eigenvalue weighted by Gasteiger charge is 2.41. The predicted molar refractivity (Wildman–Crippen MR) is 150 cm³/mol. The van der Waals surface area contributed by atoms with Crippen LogP contribution in [0.3, 0.4) is 0 Å². The van der Waals surface area contributed by atoms with Crippen LogP contribution in [0.4, 0.5) is 0 Å². The van der Waals surface area contributed by atoms with Crippen molar-refractivity contribution in [1.82, 2.24) is 15.1 Å². The summed E-state index contributed by atoms with van der Waals surface area (Å²) in [6.07, 6.45) is 0.797. The fraction of sp³-hybridized carbons (Fsp3) is 0.400. The van der Waals surface area contributed by atoms with Gasteiger partial charge in [0, 0.05) is 13.3 Å². The summed E-state index contributed by atoms with van der Waals surface area (Å²) >= 11 is 0. The van der Waals surface area contributed by atoms with Gasteiger partial charge < -0.3 is 24.8 Å². The summed E-state index contributed by atoms with van der Waals surface area (Å²) in [7, 11) is 1.43. The van der Waals surface area contributed by atoms with Crippen molar-refractivity contribution in [2.75, 3.05) is 33.4 Å². The Balaban J connectivity index is 1.63. The van der Waals surface area contributed by atoms with Crippen LogP contribution in [0, 0.1) is 5.92 Å². The van der Waals surface area contributed by atoms with Gasteiger partial charge in [-0.3, -0.25) is 19.3 Å². The fourth-order valence-corrected chi connectivity index (χ4v) is 4.92. The lowest BCUT2D eigenvalue weighted by molar-refractivity contribution is -0.147. The quantitative estimate of drug-likeness (QED) is 0.442. The summed E-state index contributed by atoms with van der Waals surface area (Å²) in [4.78, 5) is 47.4. The summed E-state index contributed by atoms with van der Waals surface area (Å²) in [6.45, 7) is 4.04. The van der Waals surface area contributed by atoms with Crippen LogP contribution in [0.2, 0.25) is 0 Å². The second-order valence-electron chi connectivity index (χ2n) is 10.1. The first-order valence-electron chi connectivity index (χ1n) is 13.4. The first-order valence-corrected chi connectivity index (χ1v) is 13.4. The maximum absolute atomic E-state index is 13.9. The Labute approximate surface area is 234 Å². The van der Waals surface area contributed by atoms with E-state index in [1.54, 1.807) is 6.20 Å². The van der Waals surface area contributed by atoms with E-state index in [9.17, 15) is 19.5 Å². The van der Waals surface area contributed by atoms with Gasteiger partial charge in [-0.2, -0.15) is 0 Å². The van der Waals surface area contributed by atoms with Crippen molar-refractivity contribution < 1.29 is 29.0 Å². The highest BCUT2D eigenvalue weighted by atomic mass is 16.5. The molecule has 2 N–H and O–H groups in total. The second kappa shape index (κ2) is 13.4. The molecule has 2 aliphatic heterocycles. The Bertz CT molecular complexity index is 1250. The summed E-state index contributed by atoms with van der Waals surface area (Å²) in [5.41, 5.74) is 2.01. The van der Waals surface area contributed by atoms with E-state index in [4.69, 9.17) is 9.47 Å². The number of ether oxygens (including phenoxy) is 2. The van der Waals surface area contributed by atoms with Gasteiger partial charge in [0.05, 0.1) is 18.3 Å². The van der Waals surface area contributed by atoms with E-state index in [0.29, 0.717) is 30.8 Å². The number of carbonyl (C=O) groups is 3. The molecule has 40 heavy (non-hydrogen) atoms. The molecule has 0 aliphatic carbocycles. The van der Waals surface area contributed by atoms with E-state index in [2.05, 4.69) is 10.3 Å². The number of aliphatic hydroxyl groups excluding tert-OH is 1. The Morgan fingerprint density at radius 2 is 1.80 bits per heavy atom. The van der Waals surface area contributed by atoms with E-state index in [1.165, 1.54) is 16.9 Å². The normalized spacial score (nSPS) is 18.6. The average Bonchev–Trinajstić information content (AvgIpc) is 3.49. The third-order valence-corrected chi connectivity index (χ3v) is 6.82. The molecule has 10 nitrogen and oxygen atoms in total. The Kier molecular flexibility index (Phi) is 9.68. The van der Waals surface area contributed by atoms with Crippen LogP contribution in [0.25, 0.3) is 5.70 Å². The molecule has 2 aromatic carbocycles. The van der Waals surface area contributed by atoms with Crippen LogP contribution in [0.5, 0.6) is 0 Å². The SMILES string of the molecule is COCC(=O)N1C=C(c2ccccc2)N(CC(=O)NC(Cc2ccccc2)C(O)C2=NCCO2)C(=O)C1C(C)C. The van der Waals surface area contributed by atoms with Gasteiger partial charge in [0.2, 0.25) is 11.8 Å². The number of nitrogens with one attached hydrogen (secondary N) is 1. The van der Waals surface area contributed by atoms with E-state index in [-0.39, 0.29) is 36.8 Å². The minimum Gasteiger partial charge on any atom is -0.477 e. The Morgan fingerprint density at radius 3 is 2.40 bits per heavy atom. The molecule has 0 aromatic heterocycles. The lowest BCUT2D eigenvalue weighted by Crippen LogP contribution is -2.58. The number of amides is 3. The monoisotopic (exact) mass is 548 g/mol. The number of carbonyl (C=O) groups excluding carboxylic acids is 3. The molecule has 4 rings (SSSR count). The van der Waals surface area contributed by atoms with Crippen LogP contribution in [-0.2, 0) is 30.3 Å². The minimum absolute atomic E-state index is 0.180. The van der Waals surface area contributed by atoms with Crippen molar-refractivity contribution in [3.63, 3.8) is 0 Å². The van der Waals surface area contributed by atoms with Crippen molar-refractivity contribution in [2.24, 2.45) is 10.9 Å². The molecule has 3 unspecified atom stereocenters. The smallest absolute Gasteiger partial charge is 0.253 e. The molecule has 10 heteroatoms. The number of rotatable bonds is 11. The molecule has 0 radical (unpaired) electrons. The summed E-state index contributed by atoms with van der Waals surface area (Å²) in [5, 5.41) is 14.0. The van der Waals surface area contributed by atoms with Gasteiger partial charge in [-0.1, -0.05) is 74.5 Å². The molecular formula is C30H36N4O6. The molecular weight excluding hydrogens is 512 g/mol. The molecule has 2 heterocycles. The molecule has 0 saturated heterocycles. The molecule has 0 fully saturated rings. The van der Waals surface area contributed by atoms with Crippen LogP contribution < -0.4 is 5.32 Å². The highest BCUT2D eigenvalue weighted by Crippen LogP contribution is 2.30. The number of aliphatic imine (C=N–C) groups is 1. The van der Waals surface area contributed by atoms with Gasteiger partial charge in [0.15, 0.2) is 0 Å². The summed E-state index contributed by atoms with van der Waals surface area (Å²) in [6, 6.07) is 17.1. The third kappa shape index (κ3) is 6.75. The number of methoxy groups -OCH3 is 1. The molecule has 0 bridgehead atoms. The van der Waals surface area contributed by atoms with Crippen molar-refractivity contribution in [2.45, 2.75) is 38.5 Å². The van der Waals surface area contributed by atoms with Gasteiger partial charge in [0.25, 0.3) is 11.8 Å². The van der Waals surface area contributed by atoms with Crippen LogP contribution in [0.15, 0.2) is 71.9 Å². The maximum atomic E-state index is 13.9. The molecule has 0 spiro atoms. The molecule has 212 valence electrons. The first-order chi connectivity index (χ1) is 19.3. The lowest BCUT2D eigenvalue weighted by atomic mass is 9.96. The van der Waals surface area contributed by atoms with Crippen LogP contribution in [-0.4, -0.2) is 90.1 Å². The Hall–Kier alpha value is -4.02. The number of hydrogen-bond donors (Lipinski definition) is 2. The molecule has 2 aromatic rings. The number of nitrogens with zero attached hydrogens (tertiary/aromatic N) is 3. The lowest BCUT2D eigenvalue weighted by Gasteiger charge is -2.41.